The fourth-order valence-corrected chi connectivity index (χ4v) is 5.24. The van der Waals surface area contributed by atoms with Crippen molar-refractivity contribution in [1.82, 2.24) is 14.7 Å². The summed E-state index contributed by atoms with van der Waals surface area (Å²) in [5, 5.41) is 0. The molecule has 3 heterocycles. The number of carbonyl (C=O) groups is 3. The molecule has 27 heavy (non-hydrogen) atoms. The number of amides is 3. The van der Waals surface area contributed by atoms with Crippen molar-refractivity contribution >= 4 is 29.5 Å². The molecule has 1 aromatic rings. The molecule has 3 aliphatic rings. The summed E-state index contributed by atoms with van der Waals surface area (Å²) in [6.45, 7) is 3.63. The van der Waals surface area contributed by atoms with Gasteiger partial charge in [-0.3, -0.25) is 19.3 Å². The van der Waals surface area contributed by atoms with Gasteiger partial charge < -0.3 is 9.80 Å². The van der Waals surface area contributed by atoms with Gasteiger partial charge in [0.15, 0.2) is 0 Å². The van der Waals surface area contributed by atoms with Gasteiger partial charge in [-0.05, 0) is 50.2 Å². The molecule has 0 N–H and O–H groups in total. The Hall–Kier alpha value is -1.86. The molecule has 0 aliphatic carbocycles. The molecule has 2 fully saturated rings. The van der Waals surface area contributed by atoms with E-state index in [-0.39, 0.29) is 30.3 Å². The molecule has 2 saturated heterocycles. The van der Waals surface area contributed by atoms with Crippen LogP contribution >= 0.6 is 11.8 Å². The molecule has 1 aromatic carbocycles. The molecular weight excluding hydrogens is 362 g/mol. The summed E-state index contributed by atoms with van der Waals surface area (Å²) >= 11 is 1.89. The first-order valence-electron chi connectivity index (χ1n) is 9.70. The lowest BCUT2D eigenvalue weighted by atomic mass is 10.1. The Bertz CT molecular complexity index is 713. The average molecular weight is 388 g/mol. The van der Waals surface area contributed by atoms with E-state index in [9.17, 15) is 14.4 Å². The zero-order valence-corrected chi connectivity index (χ0v) is 16.2. The van der Waals surface area contributed by atoms with Crippen LogP contribution in [-0.4, -0.2) is 82.7 Å². The van der Waals surface area contributed by atoms with E-state index in [1.54, 1.807) is 24.3 Å². The first-order valence-corrected chi connectivity index (χ1v) is 10.9. The molecule has 1 atom stereocenters. The lowest BCUT2D eigenvalue weighted by Crippen LogP contribution is -2.51. The third-order valence-electron chi connectivity index (χ3n) is 5.60. The summed E-state index contributed by atoms with van der Waals surface area (Å²) in [4.78, 5) is 43.7. The van der Waals surface area contributed by atoms with Crippen LogP contribution in [0.1, 0.15) is 40.0 Å². The van der Waals surface area contributed by atoms with E-state index in [1.807, 2.05) is 16.7 Å². The molecular formula is C20H25N3O3S. The molecule has 6 nitrogen and oxygen atoms in total. The van der Waals surface area contributed by atoms with Gasteiger partial charge in [0.25, 0.3) is 11.8 Å². The fraction of sp³-hybridized carbons (Fsp3) is 0.550. The number of rotatable bonds is 4. The minimum atomic E-state index is -0.357. The normalized spacial score (nSPS) is 23.6. The van der Waals surface area contributed by atoms with Crippen LogP contribution in [0, 0.1) is 0 Å². The molecule has 1 unspecified atom stereocenters. The van der Waals surface area contributed by atoms with E-state index >= 15 is 0 Å². The first kappa shape index (κ1) is 18.5. The van der Waals surface area contributed by atoms with Gasteiger partial charge >= 0.3 is 0 Å². The van der Waals surface area contributed by atoms with Crippen molar-refractivity contribution in [3.8, 4) is 0 Å². The summed E-state index contributed by atoms with van der Waals surface area (Å²) < 4.78 is 0. The van der Waals surface area contributed by atoms with Gasteiger partial charge in [-0.25, -0.2) is 0 Å². The number of likely N-dealkylation sites (tertiary alicyclic amines) is 1. The SMILES string of the molecule is O=C1c2ccccc2C(=O)N1CC(=O)N1CCCSCC1CN1CCCC1. The molecule has 3 aliphatic heterocycles. The van der Waals surface area contributed by atoms with Gasteiger partial charge in [0.1, 0.15) is 6.54 Å². The molecule has 0 aromatic heterocycles. The van der Waals surface area contributed by atoms with Crippen LogP contribution in [0.3, 0.4) is 0 Å². The highest BCUT2D eigenvalue weighted by atomic mass is 32.2. The molecule has 0 spiro atoms. The lowest BCUT2D eigenvalue weighted by molar-refractivity contribution is -0.133. The van der Waals surface area contributed by atoms with Crippen molar-refractivity contribution in [3.05, 3.63) is 35.4 Å². The summed E-state index contributed by atoms with van der Waals surface area (Å²) in [5.74, 6) is 1.14. The Morgan fingerprint density at radius 3 is 2.33 bits per heavy atom. The van der Waals surface area contributed by atoms with Crippen molar-refractivity contribution in [3.63, 3.8) is 0 Å². The molecule has 4 rings (SSSR count). The van der Waals surface area contributed by atoms with Gasteiger partial charge in [0.05, 0.1) is 17.2 Å². The molecule has 0 bridgehead atoms. The van der Waals surface area contributed by atoms with Crippen LogP contribution in [0.15, 0.2) is 24.3 Å². The number of imide groups is 1. The number of nitrogens with zero attached hydrogens (tertiary/aromatic N) is 3. The van der Waals surface area contributed by atoms with E-state index in [1.165, 1.54) is 12.8 Å². The standard InChI is InChI=1S/C20H25N3O3S/c24-18(13-23-19(25)16-6-1-2-7-17(16)20(23)26)22-10-5-11-27-14-15(22)12-21-8-3-4-9-21/h1-2,6-7,15H,3-5,8-14H2. The van der Waals surface area contributed by atoms with Gasteiger partial charge in [-0.15, -0.1) is 0 Å². The van der Waals surface area contributed by atoms with Crippen molar-refractivity contribution in [1.29, 1.82) is 0 Å². The molecule has 3 amide bonds. The number of benzene rings is 1. The monoisotopic (exact) mass is 387 g/mol. The zero-order chi connectivity index (χ0) is 18.8. The van der Waals surface area contributed by atoms with Gasteiger partial charge in [-0.2, -0.15) is 11.8 Å². The van der Waals surface area contributed by atoms with Crippen LogP contribution in [0.25, 0.3) is 0 Å². The quantitative estimate of drug-likeness (QED) is 0.736. The van der Waals surface area contributed by atoms with Crippen LogP contribution in [-0.2, 0) is 4.79 Å². The van der Waals surface area contributed by atoms with E-state index in [0.717, 1.165) is 42.5 Å². The van der Waals surface area contributed by atoms with Crippen LogP contribution in [0.5, 0.6) is 0 Å². The maximum atomic E-state index is 13.1. The van der Waals surface area contributed by atoms with Crippen LogP contribution in [0.4, 0.5) is 0 Å². The van der Waals surface area contributed by atoms with E-state index < -0.39 is 0 Å². The zero-order valence-electron chi connectivity index (χ0n) is 15.4. The summed E-state index contributed by atoms with van der Waals surface area (Å²) in [5.41, 5.74) is 0.797. The number of thioether (sulfide) groups is 1. The second kappa shape index (κ2) is 8.02. The fourth-order valence-electron chi connectivity index (χ4n) is 4.18. The lowest BCUT2D eigenvalue weighted by Gasteiger charge is -2.33. The second-order valence-electron chi connectivity index (χ2n) is 7.42. The highest BCUT2D eigenvalue weighted by Crippen LogP contribution is 2.24. The third kappa shape index (κ3) is 3.75. The Balaban J connectivity index is 1.47. The van der Waals surface area contributed by atoms with Crippen LogP contribution in [0.2, 0.25) is 0 Å². The second-order valence-corrected chi connectivity index (χ2v) is 8.57. The summed E-state index contributed by atoms with van der Waals surface area (Å²) in [6, 6.07) is 6.94. The average Bonchev–Trinajstić information content (AvgIpc) is 3.18. The minimum Gasteiger partial charge on any atom is -0.336 e. The largest absolute Gasteiger partial charge is 0.336 e. The Morgan fingerprint density at radius 1 is 1.00 bits per heavy atom. The highest BCUT2D eigenvalue weighted by Gasteiger charge is 2.38. The van der Waals surface area contributed by atoms with Crippen molar-refractivity contribution in [2.75, 3.05) is 44.2 Å². The first-order chi connectivity index (χ1) is 13.1. The topological polar surface area (TPSA) is 60.9 Å². The maximum absolute atomic E-state index is 13.1. The van der Waals surface area contributed by atoms with Crippen molar-refractivity contribution in [2.24, 2.45) is 0 Å². The number of hydrogen-bond acceptors (Lipinski definition) is 5. The van der Waals surface area contributed by atoms with Crippen LogP contribution < -0.4 is 0 Å². The Kier molecular flexibility index (Phi) is 5.50. The smallest absolute Gasteiger partial charge is 0.262 e. The van der Waals surface area contributed by atoms with Gasteiger partial charge in [0.2, 0.25) is 5.91 Å². The third-order valence-corrected chi connectivity index (χ3v) is 6.80. The van der Waals surface area contributed by atoms with Crippen molar-refractivity contribution < 1.29 is 14.4 Å². The minimum absolute atomic E-state index is 0.115. The maximum Gasteiger partial charge on any atom is 0.262 e. The van der Waals surface area contributed by atoms with Crippen molar-refractivity contribution in [2.45, 2.75) is 25.3 Å². The van der Waals surface area contributed by atoms with E-state index in [4.69, 9.17) is 0 Å². The molecule has 7 heteroatoms. The molecule has 144 valence electrons. The Labute approximate surface area is 163 Å². The number of carbonyl (C=O) groups excluding carboxylic acids is 3. The van der Waals surface area contributed by atoms with Gasteiger partial charge in [-0.1, -0.05) is 12.1 Å². The molecule has 0 saturated carbocycles. The summed E-state index contributed by atoms with van der Waals surface area (Å²) in [6.07, 6.45) is 3.40. The number of hydrogen-bond donors (Lipinski definition) is 0. The number of fused-ring (bicyclic) bond motifs is 1. The van der Waals surface area contributed by atoms with E-state index in [0.29, 0.717) is 17.7 Å². The predicted molar refractivity (Wildman–Crippen MR) is 105 cm³/mol. The van der Waals surface area contributed by atoms with Gasteiger partial charge in [0, 0.05) is 18.8 Å². The predicted octanol–water partition coefficient (Wildman–Crippen LogP) is 1.71. The highest BCUT2D eigenvalue weighted by molar-refractivity contribution is 7.99. The van der Waals surface area contributed by atoms with E-state index in [2.05, 4.69) is 4.90 Å². The Morgan fingerprint density at radius 2 is 1.67 bits per heavy atom. The summed E-state index contributed by atoms with van der Waals surface area (Å²) in [7, 11) is 0. The molecule has 0 radical (unpaired) electrons.